The number of likely N-dealkylation sites (N-methyl/N-ethyl adjacent to an activating group) is 1. The Labute approximate surface area is 114 Å². The van der Waals surface area contributed by atoms with Crippen LogP contribution >= 0.6 is 0 Å². The van der Waals surface area contributed by atoms with Crippen LogP contribution in [0.4, 0.5) is 11.9 Å². The zero-order valence-corrected chi connectivity index (χ0v) is 12.3. The van der Waals surface area contributed by atoms with E-state index in [2.05, 4.69) is 27.2 Å². The summed E-state index contributed by atoms with van der Waals surface area (Å²) >= 11 is 0. The molecule has 0 saturated heterocycles. The topological polar surface area (TPSA) is 72.4 Å². The van der Waals surface area contributed by atoms with Crippen molar-refractivity contribution in [3.8, 4) is 6.01 Å². The van der Waals surface area contributed by atoms with Crippen molar-refractivity contribution < 1.29 is 9.47 Å². The lowest BCUT2D eigenvalue weighted by atomic mass is 10.3. The molecule has 7 heteroatoms. The van der Waals surface area contributed by atoms with Crippen LogP contribution < -0.4 is 15.0 Å². The first-order chi connectivity index (χ1) is 9.12. The second-order valence-corrected chi connectivity index (χ2v) is 4.29. The Morgan fingerprint density at radius 3 is 2.58 bits per heavy atom. The van der Waals surface area contributed by atoms with E-state index in [1.807, 2.05) is 18.9 Å². The third-order valence-electron chi connectivity index (χ3n) is 2.70. The Morgan fingerprint density at radius 1 is 1.26 bits per heavy atom. The molecular formula is C12H23N5O2. The Hall–Kier alpha value is -1.63. The van der Waals surface area contributed by atoms with E-state index in [0.29, 0.717) is 24.5 Å². The van der Waals surface area contributed by atoms with Gasteiger partial charge in [-0.3, -0.25) is 0 Å². The van der Waals surface area contributed by atoms with E-state index in [1.54, 1.807) is 14.2 Å². The molecule has 0 bridgehead atoms. The number of nitrogens with zero attached hydrogens (tertiary/aromatic N) is 4. The van der Waals surface area contributed by atoms with Gasteiger partial charge in [0.15, 0.2) is 0 Å². The summed E-state index contributed by atoms with van der Waals surface area (Å²) in [6, 6.07) is 0.469. The fourth-order valence-corrected chi connectivity index (χ4v) is 1.46. The monoisotopic (exact) mass is 269 g/mol. The summed E-state index contributed by atoms with van der Waals surface area (Å²) in [5.41, 5.74) is 0. The van der Waals surface area contributed by atoms with Gasteiger partial charge in [0.1, 0.15) is 0 Å². The Balaban J connectivity index is 2.91. The summed E-state index contributed by atoms with van der Waals surface area (Å²) < 4.78 is 10.2. The summed E-state index contributed by atoms with van der Waals surface area (Å²) in [5, 5.41) is 3.14. The fourth-order valence-electron chi connectivity index (χ4n) is 1.46. The van der Waals surface area contributed by atoms with E-state index >= 15 is 0 Å². The molecule has 0 aromatic carbocycles. The van der Waals surface area contributed by atoms with Gasteiger partial charge >= 0.3 is 6.01 Å². The third-order valence-corrected chi connectivity index (χ3v) is 2.70. The number of anilines is 2. The van der Waals surface area contributed by atoms with E-state index in [0.717, 1.165) is 13.0 Å². The molecule has 0 saturated carbocycles. The molecular weight excluding hydrogens is 246 g/mol. The molecule has 1 heterocycles. The maximum Gasteiger partial charge on any atom is 0.322 e. The van der Waals surface area contributed by atoms with Crippen molar-refractivity contribution in [2.24, 2.45) is 0 Å². The van der Waals surface area contributed by atoms with Gasteiger partial charge in [-0.15, -0.1) is 0 Å². The zero-order chi connectivity index (χ0) is 14.3. The maximum absolute atomic E-state index is 5.14. The zero-order valence-electron chi connectivity index (χ0n) is 12.3. The van der Waals surface area contributed by atoms with E-state index in [4.69, 9.17) is 9.47 Å². The van der Waals surface area contributed by atoms with Gasteiger partial charge in [0, 0.05) is 20.7 Å². The predicted octanol–water partition coefficient (Wildman–Crippen LogP) is 1.17. The fraction of sp³-hybridized carbons (Fsp3) is 0.750. The molecule has 0 amide bonds. The number of methoxy groups -OCH3 is 2. The molecule has 19 heavy (non-hydrogen) atoms. The molecule has 1 aromatic rings. The highest BCUT2D eigenvalue weighted by atomic mass is 16.5. The molecule has 0 aliphatic carbocycles. The SMILES string of the molecule is CCCNc1nc(OC)nc(N(C)C(C)COC)n1. The van der Waals surface area contributed by atoms with Gasteiger partial charge < -0.3 is 19.7 Å². The Kier molecular flexibility index (Phi) is 6.27. The van der Waals surface area contributed by atoms with Gasteiger partial charge in [0.2, 0.25) is 11.9 Å². The maximum atomic E-state index is 5.14. The summed E-state index contributed by atoms with van der Waals surface area (Å²) in [5.74, 6) is 1.09. The van der Waals surface area contributed by atoms with Crippen LogP contribution in [0.2, 0.25) is 0 Å². The van der Waals surface area contributed by atoms with Gasteiger partial charge in [-0.05, 0) is 13.3 Å². The van der Waals surface area contributed by atoms with Crippen LogP contribution in [0.15, 0.2) is 0 Å². The molecule has 0 aliphatic rings. The highest BCUT2D eigenvalue weighted by Crippen LogP contribution is 2.15. The van der Waals surface area contributed by atoms with Crippen molar-refractivity contribution in [2.75, 3.05) is 44.6 Å². The normalized spacial score (nSPS) is 12.1. The largest absolute Gasteiger partial charge is 0.467 e. The lowest BCUT2D eigenvalue weighted by Crippen LogP contribution is -2.34. The first kappa shape index (κ1) is 15.4. The van der Waals surface area contributed by atoms with Crippen molar-refractivity contribution in [1.29, 1.82) is 0 Å². The number of hydrogen-bond acceptors (Lipinski definition) is 7. The summed E-state index contributed by atoms with van der Waals surface area (Å²) in [6.45, 7) is 5.53. The second kappa shape index (κ2) is 7.73. The molecule has 108 valence electrons. The van der Waals surface area contributed by atoms with E-state index in [9.17, 15) is 0 Å². The van der Waals surface area contributed by atoms with E-state index in [-0.39, 0.29) is 6.04 Å². The van der Waals surface area contributed by atoms with Gasteiger partial charge in [-0.1, -0.05) is 6.92 Å². The van der Waals surface area contributed by atoms with Crippen LogP contribution in [0.5, 0.6) is 6.01 Å². The first-order valence-corrected chi connectivity index (χ1v) is 6.38. The van der Waals surface area contributed by atoms with Gasteiger partial charge in [0.25, 0.3) is 0 Å². The van der Waals surface area contributed by atoms with Crippen molar-refractivity contribution >= 4 is 11.9 Å². The minimum absolute atomic E-state index is 0.163. The van der Waals surface area contributed by atoms with Crippen LogP contribution in [0, 0.1) is 0 Å². The lowest BCUT2D eigenvalue weighted by Gasteiger charge is -2.24. The second-order valence-electron chi connectivity index (χ2n) is 4.29. The number of hydrogen-bond donors (Lipinski definition) is 1. The highest BCUT2D eigenvalue weighted by molar-refractivity contribution is 5.38. The van der Waals surface area contributed by atoms with Crippen LogP contribution in [-0.4, -0.2) is 55.4 Å². The van der Waals surface area contributed by atoms with Crippen LogP contribution in [0.3, 0.4) is 0 Å². The van der Waals surface area contributed by atoms with E-state index < -0.39 is 0 Å². The molecule has 0 radical (unpaired) electrons. The highest BCUT2D eigenvalue weighted by Gasteiger charge is 2.15. The average Bonchev–Trinajstić information content (AvgIpc) is 2.44. The molecule has 0 spiro atoms. The lowest BCUT2D eigenvalue weighted by molar-refractivity contribution is 0.183. The number of aromatic nitrogens is 3. The number of nitrogens with one attached hydrogen (secondary N) is 1. The van der Waals surface area contributed by atoms with Gasteiger partial charge in [-0.2, -0.15) is 15.0 Å². The molecule has 0 fully saturated rings. The molecule has 7 nitrogen and oxygen atoms in total. The van der Waals surface area contributed by atoms with Gasteiger partial charge in [0.05, 0.1) is 19.8 Å². The summed E-state index contributed by atoms with van der Waals surface area (Å²) in [7, 11) is 5.13. The summed E-state index contributed by atoms with van der Waals surface area (Å²) in [4.78, 5) is 14.7. The van der Waals surface area contributed by atoms with E-state index in [1.165, 1.54) is 0 Å². The Bertz CT molecular complexity index is 388. The molecule has 1 rings (SSSR count). The minimum atomic E-state index is 0.163. The molecule has 1 unspecified atom stereocenters. The predicted molar refractivity (Wildman–Crippen MR) is 74.9 cm³/mol. The quantitative estimate of drug-likeness (QED) is 0.759. The standard InChI is InChI=1S/C12H23N5O2/c1-6-7-13-10-14-11(16-12(15-10)19-5)17(3)9(2)8-18-4/h9H,6-8H2,1-5H3,(H,13,14,15,16). The van der Waals surface area contributed by atoms with Gasteiger partial charge in [-0.25, -0.2) is 0 Å². The van der Waals surface area contributed by atoms with Crippen LogP contribution in [0.1, 0.15) is 20.3 Å². The van der Waals surface area contributed by atoms with Crippen molar-refractivity contribution in [1.82, 2.24) is 15.0 Å². The third kappa shape index (κ3) is 4.51. The number of rotatable bonds is 8. The van der Waals surface area contributed by atoms with Crippen molar-refractivity contribution in [3.63, 3.8) is 0 Å². The van der Waals surface area contributed by atoms with Crippen molar-refractivity contribution in [2.45, 2.75) is 26.3 Å². The number of ether oxygens (including phenoxy) is 2. The molecule has 0 aliphatic heterocycles. The Morgan fingerprint density at radius 2 is 2.00 bits per heavy atom. The molecule has 1 atom stereocenters. The van der Waals surface area contributed by atoms with Crippen LogP contribution in [-0.2, 0) is 4.74 Å². The smallest absolute Gasteiger partial charge is 0.322 e. The first-order valence-electron chi connectivity index (χ1n) is 6.38. The molecule has 1 aromatic heterocycles. The average molecular weight is 269 g/mol. The minimum Gasteiger partial charge on any atom is -0.467 e. The van der Waals surface area contributed by atoms with Crippen molar-refractivity contribution in [3.05, 3.63) is 0 Å². The van der Waals surface area contributed by atoms with Crippen LogP contribution in [0.25, 0.3) is 0 Å². The summed E-state index contributed by atoms with van der Waals surface area (Å²) in [6.07, 6.45) is 0.999. The molecule has 1 N–H and O–H groups in total.